The lowest BCUT2D eigenvalue weighted by molar-refractivity contribution is -0.302. The molecule has 0 spiro atoms. The number of rotatable bonds is 43. The van der Waals surface area contributed by atoms with Gasteiger partial charge in [-0.2, -0.15) is 0 Å². The van der Waals surface area contributed by atoms with E-state index in [2.05, 4.69) is 79.9 Å². The molecule has 9 heteroatoms. The van der Waals surface area contributed by atoms with E-state index in [1.807, 2.05) is 6.08 Å². The molecule has 0 saturated carbocycles. The standard InChI is InChI=1S/C55H97NO8/c1-3-5-7-9-11-13-15-17-19-21-22-23-24-25-26-27-28-29-31-33-35-37-39-41-43-45-51(59)56-48(47-63-55-54(62)53(61)52(60)50(46-57)64-55)49(58)44-42-40-38-36-34-32-30-20-18-16-14-12-10-8-6-4-2/h5,7,11,13,17,19,22-23,25-26,42,44,48-50,52-55,57-58,60-62H,3-4,6,8-10,12,14-16,18,20-21,24,27-41,43,45-47H2,1-2H3,(H,56,59)/b7-5-,13-11-,19-17-,23-22-,26-25-,44-42+. The first kappa shape index (κ1) is 59.6. The van der Waals surface area contributed by atoms with Gasteiger partial charge >= 0.3 is 0 Å². The molecular weight excluding hydrogens is 803 g/mol. The Morgan fingerprint density at radius 2 is 0.969 bits per heavy atom. The van der Waals surface area contributed by atoms with Gasteiger partial charge < -0.3 is 40.3 Å². The first-order chi connectivity index (χ1) is 31.3. The Bertz CT molecular complexity index is 1230. The molecule has 1 saturated heterocycles. The van der Waals surface area contributed by atoms with Crippen molar-refractivity contribution in [3.63, 3.8) is 0 Å². The van der Waals surface area contributed by atoms with Gasteiger partial charge in [0.1, 0.15) is 24.4 Å². The summed E-state index contributed by atoms with van der Waals surface area (Å²) in [7, 11) is 0. The van der Waals surface area contributed by atoms with Gasteiger partial charge in [0.15, 0.2) is 6.29 Å². The average molecular weight is 900 g/mol. The zero-order chi connectivity index (χ0) is 46.6. The van der Waals surface area contributed by atoms with E-state index in [4.69, 9.17) is 9.47 Å². The zero-order valence-corrected chi connectivity index (χ0v) is 40.8. The Balaban J connectivity index is 2.28. The molecule has 9 nitrogen and oxygen atoms in total. The van der Waals surface area contributed by atoms with Crippen LogP contribution in [0.4, 0.5) is 0 Å². The summed E-state index contributed by atoms with van der Waals surface area (Å²) in [6.45, 7) is 3.66. The molecule has 1 aliphatic rings. The molecule has 1 rings (SSSR count). The fraction of sp³-hybridized carbons (Fsp3) is 0.764. The number of amides is 1. The van der Waals surface area contributed by atoms with Crippen LogP contribution in [0.25, 0.3) is 0 Å². The van der Waals surface area contributed by atoms with Crippen LogP contribution in [0.3, 0.4) is 0 Å². The maximum Gasteiger partial charge on any atom is 0.220 e. The van der Waals surface area contributed by atoms with E-state index in [-0.39, 0.29) is 12.5 Å². The Hall–Kier alpha value is -2.37. The lowest BCUT2D eigenvalue weighted by Crippen LogP contribution is -2.60. The number of unbranched alkanes of at least 4 members (excludes halogenated alkanes) is 23. The molecule has 0 radical (unpaired) electrons. The molecule has 7 atom stereocenters. The van der Waals surface area contributed by atoms with Gasteiger partial charge in [0.2, 0.25) is 5.91 Å². The van der Waals surface area contributed by atoms with Crippen molar-refractivity contribution in [2.45, 2.75) is 256 Å². The highest BCUT2D eigenvalue weighted by Gasteiger charge is 2.44. The van der Waals surface area contributed by atoms with E-state index >= 15 is 0 Å². The topological polar surface area (TPSA) is 149 Å². The molecule has 370 valence electrons. The third kappa shape index (κ3) is 34.0. The van der Waals surface area contributed by atoms with Gasteiger partial charge in [-0.25, -0.2) is 0 Å². The zero-order valence-electron chi connectivity index (χ0n) is 40.8. The number of allylic oxidation sites excluding steroid dienone is 11. The van der Waals surface area contributed by atoms with Crippen LogP contribution in [0.2, 0.25) is 0 Å². The van der Waals surface area contributed by atoms with Crippen LogP contribution in [-0.2, 0) is 14.3 Å². The number of aliphatic hydroxyl groups excluding tert-OH is 5. The van der Waals surface area contributed by atoms with Crippen molar-refractivity contribution < 1.29 is 39.8 Å². The van der Waals surface area contributed by atoms with Crippen LogP contribution < -0.4 is 5.32 Å². The molecule has 1 amide bonds. The van der Waals surface area contributed by atoms with Crippen LogP contribution in [0.15, 0.2) is 72.9 Å². The molecule has 1 fully saturated rings. The molecule has 1 aliphatic heterocycles. The monoisotopic (exact) mass is 900 g/mol. The minimum atomic E-state index is -1.57. The van der Waals surface area contributed by atoms with E-state index in [1.54, 1.807) is 6.08 Å². The summed E-state index contributed by atoms with van der Waals surface area (Å²) >= 11 is 0. The third-order valence-corrected chi connectivity index (χ3v) is 12.0. The van der Waals surface area contributed by atoms with E-state index in [9.17, 15) is 30.3 Å². The molecule has 1 heterocycles. The van der Waals surface area contributed by atoms with Crippen LogP contribution in [0, 0.1) is 0 Å². The first-order valence-electron chi connectivity index (χ1n) is 26.2. The number of hydrogen-bond acceptors (Lipinski definition) is 8. The van der Waals surface area contributed by atoms with Gasteiger partial charge in [0.05, 0.1) is 25.4 Å². The van der Waals surface area contributed by atoms with Crippen molar-refractivity contribution in [2.75, 3.05) is 13.2 Å². The third-order valence-electron chi connectivity index (χ3n) is 12.0. The SMILES string of the molecule is CC/C=C\C/C=C\C/C=C\C/C=C\C/C=C\CCCCCCCCCCCC(=O)NC(COC1OC(CO)C(O)C(O)C1O)C(O)/C=C/CCCCCCCCCCCCCCCC. The normalized spacial score (nSPS) is 20.6. The van der Waals surface area contributed by atoms with E-state index in [0.29, 0.717) is 6.42 Å². The van der Waals surface area contributed by atoms with Crippen molar-refractivity contribution in [3.05, 3.63) is 72.9 Å². The number of carbonyl (C=O) groups is 1. The first-order valence-corrected chi connectivity index (χ1v) is 26.2. The number of hydrogen-bond donors (Lipinski definition) is 6. The van der Waals surface area contributed by atoms with Gasteiger partial charge in [-0.1, -0.05) is 215 Å². The molecule has 0 aromatic rings. The van der Waals surface area contributed by atoms with Crippen molar-refractivity contribution in [2.24, 2.45) is 0 Å². The van der Waals surface area contributed by atoms with Crippen molar-refractivity contribution in [1.82, 2.24) is 5.32 Å². The van der Waals surface area contributed by atoms with Gasteiger partial charge in [-0.3, -0.25) is 4.79 Å². The quantitative estimate of drug-likeness (QED) is 0.0262. The molecule has 0 bridgehead atoms. The Labute approximate surface area is 391 Å². The number of ether oxygens (including phenoxy) is 2. The fourth-order valence-corrected chi connectivity index (χ4v) is 7.89. The number of nitrogens with one attached hydrogen (secondary N) is 1. The number of aliphatic hydroxyl groups is 5. The maximum absolute atomic E-state index is 13.0. The largest absolute Gasteiger partial charge is 0.394 e. The summed E-state index contributed by atoms with van der Waals surface area (Å²) in [5, 5.41) is 54.4. The highest BCUT2D eigenvalue weighted by atomic mass is 16.7. The maximum atomic E-state index is 13.0. The summed E-state index contributed by atoms with van der Waals surface area (Å²) in [6, 6.07) is -0.812. The van der Waals surface area contributed by atoms with Crippen molar-refractivity contribution in [1.29, 1.82) is 0 Å². The van der Waals surface area contributed by atoms with Gasteiger partial charge in [0.25, 0.3) is 0 Å². The van der Waals surface area contributed by atoms with Gasteiger partial charge in [-0.15, -0.1) is 0 Å². The van der Waals surface area contributed by atoms with E-state index in [0.717, 1.165) is 83.5 Å². The van der Waals surface area contributed by atoms with E-state index < -0.39 is 49.5 Å². The Morgan fingerprint density at radius 3 is 1.44 bits per heavy atom. The van der Waals surface area contributed by atoms with Crippen molar-refractivity contribution >= 4 is 5.91 Å². The number of carbonyl (C=O) groups excluding carboxylic acids is 1. The molecule has 64 heavy (non-hydrogen) atoms. The smallest absolute Gasteiger partial charge is 0.220 e. The summed E-state index contributed by atoms with van der Waals surface area (Å²) in [4.78, 5) is 13.0. The lowest BCUT2D eigenvalue weighted by atomic mass is 9.99. The van der Waals surface area contributed by atoms with Gasteiger partial charge in [-0.05, 0) is 64.2 Å². The van der Waals surface area contributed by atoms with Crippen molar-refractivity contribution in [3.8, 4) is 0 Å². The molecule has 6 N–H and O–H groups in total. The summed E-state index contributed by atoms with van der Waals surface area (Å²) in [5.74, 6) is -0.186. The second-order valence-corrected chi connectivity index (χ2v) is 17.9. The van der Waals surface area contributed by atoms with Crippen LogP contribution >= 0.6 is 0 Å². The summed E-state index contributed by atoms with van der Waals surface area (Å²) in [6.07, 6.45) is 53.7. The van der Waals surface area contributed by atoms with Crippen LogP contribution in [0.1, 0.15) is 213 Å². The molecular formula is C55H97NO8. The minimum Gasteiger partial charge on any atom is -0.394 e. The Kier molecular flexibility index (Phi) is 41.4. The van der Waals surface area contributed by atoms with Crippen LogP contribution in [0.5, 0.6) is 0 Å². The highest BCUT2D eigenvalue weighted by Crippen LogP contribution is 2.23. The summed E-state index contributed by atoms with van der Waals surface area (Å²) in [5.41, 5.74) is 0. The second-order valence-electron chi connectivity index (χ2n) is 17.9. The minimum absolute atomic E-state index is 0.186. The predicted molar refractivity (Wildman–Crippen MR) is 267 cm³/mol. The fourth-order valence-electron chi connectivity index (χ4n) is 7.89. The highest BCUT2D eigenvalue weighted by molar-refractivity contribution is 5.76. The molecule has 0 aromatic heterocycles. The van der Waals surface area contributed by atoms with Crippen LogP contribution in [-0.4, -0.2) is 87.5 Å². The summed E-state index contributed by atoms with van der Waals surface area (Å²) < 4.78 is 11.2. The molecule has 0 aromatic carbocycles. The Morgan fingerprint density at radius 1 is 0.547 bits per heavy atom. The lowest BCUT2D eigenvalue weighted by Gasteiger charge is -2.40. The van der Waals surface area contributed by atoms with E-state index in [1.165, 1.54) is 109 Å². The molecule has 7 unspecified atom stereocenters. The molecule has 0 aliphatic carbocycles. The predicted octanol–water partition coefficient (Wildman–Crippen LogP) is 12.1. The second kappa shape index (κ2) is 44.5. The average Bonchev–Trinajstić information content (AvgIpc) is 3.29. The van der Waals surface area contributed by atoms with Gasteiger partial charge in [0, 0.05) is 6.42 Å².